The fraction of sp³-hybridized carbons (Fsp3) is 0.909. The van der Waals surface area contributed by atoms with Crippen molar-refractivity contribution in [3.8, 4) is 0 Å². The molecule has 0 saturated heterocycles. The zero-order valence-electron chi connectivity index (χ0n) is 9.88. The van der Waals surface area contributed by atoms with Crippen LogP contribution in [0.15, 0.2) is 0 Å². The van der Waals surface area contributed by atoms with Crippen molar-refractivity contribution in [2.75, 3.05) is 6.54 Å². The smallest absolute Gasteiger partial charge is 0.407 e. The van der Waals surface area contributed by atoms with E-state index in [4.69, 9.17) is 10.5 Å². The molecule has 88 valence electrons. The Morgan fingerprint density at radius 2 is 2.13 bits per heavy atom. The summed E-state index contributed by atoms with van der Waals surface area (Å²) in [6, 6.07) is 0.0624. The fourth-order valence-corrected chi connectivity index (χ4v) is 1.44. The number of hydrogen-bond acceptors (Lipinski definition) is 3. The number of nitrogens with one attached hydrogen (secondary N) is 1. The predicted molar refractivity (Wildman–Crippen MR) is 59.6 cm³/mol. The average Bonchev–Trinajstić information content (AvgIpc) is 2.83. The lowest BCUT2D eigenvalue weighted by Gasteiger charge is -2.22. The number of ether oxygens (including phenoxy) is 1. The monoisotopic (exact) mass is 214 g/mol. The zero-order valence-corrected chi connectivity index (χ0v) is 9.88. The molecule has 0 aromatic carbocycles. The zero-order chi connectivity index (χ0) is 11.5. The molecule has 1 saturated carbocycles. The molecule has 4 nitrogen and oxygen atoms in total. The quantitative estimate of drug-likeness (QED) is 0.747. The van der Waals surface area contributed by atoms with Crippen molar-refractivity contribution < 1.29 is 9.53 Å². The molecule has 1 atom stereocenters. The first-order valence-corrected chi connectivity index (χ1v) is 5.60. The van der Waals surface area contributed by atoms with E-state index in [0.29, 0.717) is 6.54 Å². The second kappa shape index (κ2) is 4.84. The largest absolute Gasteiger partial charge is 0.444 e. The summed E-state index contributed by atoms with van der Waals surface area (Å²) in [5.41, 5.74) is 5.15. The summed E-state index contributed by atoms with van der Waals surface area (Å²) in [5.74, 6) is 0.758. The highest BCUT2D eigenvalue weighted by Gasteiger charge is 2.26. The molecule has 0 bridgehead atoms. The molecule has 0 heterocycles. The van der Waals surface area contributed by atoms with E-state index in [-0.39, 0.29) is 12.1 Å². The third kappa shape index (κ3) is 5.62. The van der Waals surface area contributed by atoms with E-state index >= 15 is 0 Å². The summed E-state index contributed by atoms with van der Waals surface area (Å²) < 4.78 is 5.17. The van der Waals surface area contributed by atoms with Gasteiger partial charge in [-0.2, -0.15) is 0 Å². The number of rotatable bonds is 4. The highest BCUT2D eigenvalue weighted by molar-refractivity contribution is 5.68. The van der Waals surface area contributed by atoms with Crippen molar-refractivity contribution in [1.82, 2.24) is 5.32 Å². The van der Waals surface area contributed by atoms with Gasteiger partial charge in [-0.15, -0.1) is 0 Å². The Bertz CT molecular complexity index is 219. The third-order valence-corrected chi connectivity index (χ3v) is 2.32. The van der Waals surface area contributed by atoms with Gasteiger partial charge in [0.25, 0.3) is 0 Å². The first-order chi connectivity index (χ1) is 6.90. The van der Waals surface area contributed by atoms with Crippen molar-refractivity contribution in [3.63, 3.8) is 0 Å². The van der Waals surface area contributed by atoms with Gasteiger partial charge in [0.2, 0.25) is 0 Å². The van der Waals surface area contributed by atoms with Crippen molar-refractivity contribution in [1.29, 1.82) is 0 Å². The van der Waals surface area contributed by atoms with E-state index in [9.17, 15) is 4.79 Å². The minimum atomic E-state index is -0.442. The lowest BCUT2D eigenvalue weighted by Crippen LogP contribution is -2.43. The second-order valence-corrected chi connectivity index (χ2v) is 5.26. The van der Waals surface area contributed by atoms with Crippen molar-refractivity contribution in [3.05, 3.63) is 0 Å². The lowest BCUT2D eigenvalue weighted by atomic mass is 10.1. The maximum absolute atomic E-state index is 11.4. The lowest BCUT2D eigenvalue weighted by molar-refractivity contribution is 0.0502. The standard InChI is InChI=1S/C11H22N2O2/c1-11(2,3)15-10(14)13-9(7-12)6-8-4-5-8/h8-9H,4-7,12H2,1-3H3,(H,13,14)/t9-/m0/s1. The normalized spacial score (nSPS) is 18.4. The van der Waals surface area contributed by atoms with Gasteiger partial charge >= 0.3 is 6.09 Å². The van der Waals surface area contributed by atoms with Crippen molar-refractivity contribution in [2.45, 2.75) is 51.7 Å². The Hall–Kier alpha value is -0.770. The number of carbonyl (C=O) groups is 1. The average molecular weight is 214 g/mol. The van der Waals surface area contributed by atoms with Gasteiger partial charge in [0.1, 0.15) is 5.60 Å². The minimum absolute atomic E-state index is 0.0624. The third-order valence-electron chi connectivity index (χ3n) is 2.32. The van der Waals surface area contributed by atoms with E-state index < -0.39 is 5.60 Å². The van der Waals surface area contributed by atoms with Gasteiger partial charge in [-0.1, -0.05) is 12.8 Å². The van der Waals surface area contributed by atoms with Crippen LogP contribution in [-0.2, 0) is 4.74 Å². The molecule has 0 unspecified atom stereocenters. The second-order valence-electron chi connectivity index (χ2n) is 5.26. The van der Waals surface area contributed by atoms with Gasteiger partial charge in [0.15, 0.2) is 0 Å². The van der Waals surface area contributed by atoms with Crippen LogP contribution in [0.2, 0.25) is 0 Å². The molecule has 1 fully saturated rings. The molecule has 1 amide bonds. The summed E-state index contributed by atoms with van der Waals surface area (Å²) in [7, 11) is 0. The van der Waals surface area contributed by atoms with Crippen LogP contribution in [0.5, 0.6) is 0 Å². The molecule has 0 spiro atoms. The van der Waals surface area contributed by atoms with Gasteiger partial charge in [-0.25, -0.2) is 4.79 Å². The molecule has 1 aliphatic rings. The van der Waals surface area contributed by atoms with Crippen molar-refractivity contribution in [2.24, 2.45) is 11.7 Å². The van der Waals surface area contributed by atoms with E-state index in [0.717, 1.165) is 12.3 Å². The summed E-state index contributed by atoms with van der Waals surface area (Å²) in [5, 5.41) is 2.81. The van der Waals surface area contributed by atoms with Gasteiger partial charge in [0, 0.05) is 12.6 Å². The molecular weight excluding hydrogens is 192 g/mol. The molecule has 4 heteroatoms. The molecule has 0 radical (unpaired) electrons. The maximum Gasteiger partial charge on any atom is 0.407 e. The Labute approximate surface area is 91.5 Å². The Balaban J connectivity index is 2.27. The first kappa shape index (κ1) is 12.3. The maximum atomic E-state index is 11.4. The number of carbonyl (C=O) groups excluding carboxylic acids is 1. The van der Waals surface area contributed by atoms with Crippen LogP contribution in [0.1, 0.15) is 40.0 Å². The molecule has 1 rings (SSSR count). The van der Waals surface area contributed by atoms with Crippen LogP contribution in [0, 0.1) is 5.92 Å². The van der Waals surface area contributed by atoms with Gasteiger partial charge in [-0.05, 0) is 33.1 Å². The molecule has 0 aliphatic heterocycles. The Morgan fingerprint density at radius 1 is 1.53 bits per heavy atom. The van der Waals surface area contributed by atoms with Crippen LogP contribution in [-0.4, -0.2) is 24.3 Å². The summed E-state index contributed by atoms with van der Waals surface area (Å²) in [6.07, 6.45) is 3.16. The molecule has 0 aromatic rings. The van der Waals surface area contributed by atoms with Crippen LogP contribution in [0.25, 0.3) is 0 Å². The van der Waals surface area contributed by atoms with E-state index in [1.54, 1.807) is 0 Å². The van der Waals surface area contributed by atoms with Gasteiger partial charge < -0.3 is 15.8 Å². The topological polar surface area (TPSA) is 64.3 Å². The highest BCUT2D eigenvalue weighted by Crippen LogP contribution is 2.33. The minimum Gasteiger partial charge on any atom is -0.444 e. The van der Waals surface area contributed by atoms with Gasteiger partial charge in [-0.3, -0.25) is 0 Å². The van der Waals surface area contributed by atoms with Gasteiger partial charge in [0.05, 0.1) is 0 Å². The predicted octanol–water partition coefficient (Wildman–Crippen LogP) is 1.64. The molecule has 3 N–H and O–H groups in total. The van der Waals surface area contributed by atoms with E-state index in [1.165, 1.54) is 12.8 Å². The van der Waals surface area contributed by atoms with E-state index in [1.807, 2.05) is 20.8 Å². The SMILES string of the molecule is CC(C)(C)OC(=O)N[C@H](CN)CC1CC1. The highest BCUT2D eigenvalue weighted by atomic mass is 16.6. The fourth-order valence-electron chi connectivity index (χ4n) is 1.44. The number of hydrogen-bond donors (Lipinski definition) is 2. The molecule has 0 aromatic heterocycles. The summed E-state index contributed by atoms with van der Waals surface area (Å²) >= 11 is 0. The van der Waals surface area contributed by atoms with Crippen LogP contribution >= 0.6 is 0 Å². The first-order valence-electron chi connectivity index (χ1n) is 5.60. The van der Waals surface area contributed by atoms with Crippen LogP contribution in [0.3, 0.4) is 0 Å². The molecule has 15 heavy (non-hydrogen) atoms. The summed E-state index contributed by atoms with van der Waals surface area (Å²) in [6.45, 7) is 6.04. The number of nitrogens with two attached hydrogens (primary N) is 1. The van der Waals surface area contributed by atoms with Crippen molar-refractivity contribution >= 4 is 6.09 Å². The van der Waals surface area contributed by atoms with Crippen LogP contribution < -0.4 is 11.1 Å². The van der Waals surface area contributed by atoms with Crippen LogP contribution in [0.4, 0.5) is 4.79 Å². The van der Waals surface area contributed by atoms with E-state index in [2.05, 4.69) is 5.32 Å². The number of amides is 1. The molecular formula is C11H22N2O2. The number of alkyl carbamates (subject to hydrolysis) is 1. The molecule has 1 aliphatic carbocycles. The summed E-state index contributed by atoms with van der Waals surface area (Å²) in [4.78, 5) is 11.4. The Morgan fingerprint density at radius 3 is 2.53 bits per heavy atom. The Kier molecular flexibility index (Phi) is 3.97.